The number of hydrogen-bond donors (Lipinski definition) is 1. The van der Waals surface area contributed by atoms with Crippen molar-refractivity contribution >= 4 is 40.9 Å². The van der Waals surface area contributed by atoms with Gasteiger partial charge in [-0.15, -0.1) is 0 Å². The Labute approximate surface area is 170 Å². The molecule has 0 spiro atoms. The first kappa shape index (κ1) is 18.6. The number of thiocarbonyl (C=S) groups is 1. The Morgan fingerprint density at radius 1 is 1.11 bits per heavy atom. The topological polar surface area (TPSA) is 54.3 Å². The Morgan fingerprint density at radius 2 is 1.86 bits per heavy atom. The van der Waals surface area contributed by atoms with Crippen LogP contribution in [0, 0.1) is 6.92 Å². The molecule has 2 aliphatic rings. The molecule has 28 heavy (non-hydrogen) atoms. The quantitative estimate of drug-likeness (QED) is 0.485. The molecule has 4 rings (SSSR count). The number of para-hydroxylation sites is 1. The Morgan fingerprint density at radius 3 is 2.61 bits per heavy atom. The predicted octanol–water partition coefficient (Wildman–Crippen LogP) is 4.13. The number of aryl methyl sites for hydroxylation is 1. The van der Waals surface area contributed by atoms with E-state index in [1.807, 2.05) is 49.6 Å². The van der Waals surface area contributed by atoms with Crippen LogP contribution in [0.15, 0.2) is 48.3 Å². The molecule has 0 atom stereocenters. The normalized spacial score (nSPS) is 20.0. The Kier molecular flexibility index (Phi) is 5.13. The van der Waals surface area contributed by atoms with Gasteiger partial charge < -0.3 is 4.57 Å². The van der Waals surface area contributed by atoms with E-state index in [-0.39, 0.29) is 10.7 Å². The van der Waals surface area contributed by atoms with E-state index in [1.165, 1.54) is 37.0 Å². The zero-order valence-electron chi connectivity index (χ0n) is 15.9. The van der Waals surface area contributed by atoms with Gasteiger partial charge in [0.25, 0.3) is 11.8 Å². The molecule has 1 aromatic carbocycles. The fourth-order valence-corrected chi connectivity index (χ4v) is 4.25. The molecule has 6 heteroatoms. The van der Waals surface area contributed by atoms with E-state index < -0.39 is 11.8 Å². The van der Waals surface area contributed by atoms with Crippen molar-refractivity contribution in [3.8, 4) is 0 Å². The summed E-state index contributed by atoms with van der Waals surface area (Å²) in [5.41, 5.74) is 2.54. The second kappa shape index (κ2) is 7.72. The summed E-state index contributed by atoms with van der Waals surface area (Å²) in [6, 6.07) is 9.95. The molecular weight excluding hydrogens is 370 g/mol. The summed E-state index contributed by atoms with van der Waals surface area (Å²) >= 11 is 5.27. The largest absolute Gasteiger partial charge is 0.351 e. The van der Waals surface area contributed by atoms with Crippen molar-refractivity contribution in [2.75, 3.05) is 4.90 Å². The summed E-state index contributed by atoms with van der Waals surface area (Å²) in [7, 11) is 0. The van der Waals surface area contributed by atoms with Crippen LogP contribution in [0.4, 0.5) is 5.69 Å². The highest BCUT2D eigenvalue weighted by Crippen LogP contribution is 2.29. The van der Waals surface area contributed by atoms with Crippen LogP contribution >= 0.6 is 12.2 Å². The number of hydrogen-bond acceptors (Lipinski definition) is 3. The SMILES string of the molecule is Cc1ccccc1N1C(=O)/C(=C\c2ccn(C3CCCCC3)c2)C(=O)NC1=S. The molecule has 2 aromatic rings. The lowest BCUT2D eigenvalue weighted by Gasteiger charge is -2.29. The molecule has 1 saturated heterocycles. The van der Waals surface area contributed by atoms with Gasteiger partial charge in [-0.1, -0.05) is 37.5 Å². The van der Waals surface area contributed by atoms with Crippen LogP contribution in [-0.4, -0.2) is 21.5 Å². The number of nitrogens with one attached hydrogen (secondary N) is 1. The van der Waals surface area contributed by atoms with Gasteiger partial charge in [-0.25, -0.2) is 0 Å². The van der Waals surface area contributed by atoms with Gasteiger partial charge in [0.05, 0.1) is 5.69 Å². The molecule has 1 N–H and O–H groups in total. The number of amides is 2. The van der Waals surface area contributed by atoms with Crippen LogP contribution in [0.5, 0.6) is 0 Å². The van der Waals surface area contributed by atoms with E-state index in [4.69, 9.17) is 12.2 Å². The van der Waals surface area contributed by atoms with Crippen molar-refractivity contribution in [1.82, 2.24) is 9.88 Å². The lowest BCUT2D eigenvalue weighted by Crippen LogP contribution is -2.54. The summed E-state index contributed by atoms with van der Waals surface area (Å²) in [5, 5.41) is 2.76. The van der Waals surface area contributed by atoms with Crippen LogP contribution in [0.1, 0.15) is 49.3 Å². The van der Waals surface area contributed by atoms with Gasteiger partial charge in [0.15, 0.2) is 5.11 Å². The van der Waals surface area contributed by atoms with Gasteiger partial charge in [-0.3, -0.25) is 19.8 Å². The smallest absolute Gasteiger partial charge is 0.270 e. The first-order valence-electron chi connectivity index (χ1n) is 9.69. The van der Waals surface area contributed by atoms with E-state index >= 15 is 0 Å². The van der Waals surface area contributed by atoms with Gasteiger partial charge >= 0.3 is 0 Å². The zero-order chi connectivity index (χ0) is 19.7. The average molecular weight is 394 g/mol. The van der Waals surface area contributed by atoms with Crippen LogP contribution in [-0.2, 0) is 9.59 Å². The number of nitrogens with zero attached hydrogens (tertiary/aromatic N) is 2. The number of carbonyl (C=O) groups excluding carboxylic acids is 2. The Hall–Kier alpha value is -2.73. The molecule has 0 radical (unpaired) electrons. The van der Waals surface area contributed by atoms with Crippen LogP contribution in [0.2, 0.25) is 0 Å². The number of benzene rings is 1. The maximum atomic E-state index is 13.1. The van der Waals surface area contributed by atoms with Crippen molar-refractivity contribution in [2.45, 2.75) is 45.1 Å². The summed E-state index contributed by atoms with van der Waals surface area (Å²) in [6.45, 7) is 1.91. The number of aromatic nitrogens is 1. The summed E-state index contributed by atoms with van der Waals surface area (Å²) in [5.74, 6) is -0.848. The molecule has 1 aromatic heterocycles. The third-order valence-corrected chi connectivity index (χ3v) is 5.79. The second-order valence-corrected chi connectivity index (χ2v) is 7.81. The van der Waals surface area contributed by atoms with E-state index in [0.717, 1.165) is 11.1 Å². The summed E-state index contributed by atoms with van der Waals surface area (Å²) in [4.78, 5) is 27.0. The van der Waals surface area contributed by atoms with Crippen molar-refractivity contribution in [3.05, 3.63) is 59.4 Å². The number of anilines is 1. The fraction of sp³-hybridized carbons (Fsp3) is 0.318. The van der Waals surface area contributed by atoms with Crippen molar-refractivity contribution < 1.29 is 9.59 Å². The molecule has 2 heterocycles. The summed E-state index contributed by atoms with van der Waals surface area (Å²) in [6.07, 6.45) is 11.9. The molecule has 2 fully saturated rings. The molecule has 0 bridgehead atoms. The molecule has 144 valence electrons. The average Bonchev–Trinajstić information content (AvgIpc) is 3.16. The van der Waals surface area contributed by atoms with E-state index in [1.54, 1.807) is 6.08 Å². The molecule has 1 saturated carbocycles. The Balaban J connectivity index is 1.64. The van der Waals surface area contributed by atoms with Crippen molar-refractivity contribution in [2.24, 2.45) is 0 Å². The maximum absolute atomic E-state index is 13.1. The van der Waals surface area contributed by atoms with Gasteiger partial charge in [-0.2, -0.15) is 0 Å². The zero-order valence-corrected chi connectivity index (χ0v) is 16.7. The molecule has 5 nitrogen and oxygen atoms in total. The molecule has 1 aliphatic heterocycles. The van der Waals surface area contributed by atoms with Gasteiger partial charge in [0.1, 0.15) is 5.57 Å². The lowest BCUT2D eigenvalue weighted by molar-refractivity contribution is -0.122. The number of rotatable bonds is 3. The van der Waals surface area contributed by atoms with Crippen molar-refractivity contribution in [1.29, 1.82) is 0 Å². The minimum absolute atomic E-state index is 0.0956. The van der Waals surface area contributed by atoms with Crippen LogP contribution < -0.4 is 10.2 Å². The predicted molar refractivity (Wildman–Crippen MR) is 114 cm³/mol. The highest BCUT2D eigenvalue weighted by atomic mass is 32.1. The first-order valence-corrected chi connectivity index (χ1v) is 10.1. The number of carbonyl (C=O) groups is 2. The molecule has 2 amide bonds. The van der Waals surface area contributed by atoms with E-state index in [2.05, 4.69) is 9.88 Å². The van der Waals surface area contributed by atoms with Gasteiger partial charge in [0.2, 0.25) is 0 Å². The highest BCUT2D eigenvalue weighted by Gasteiger charge is 2.35. The minimum Gasteiger partial charge on any atom is -0.351 e. The van der Waals surface area contributed by atoms with Crippen molar-refractivity contribution in [3.63, 3.8) is 0 Å². The third kappa shape index (κ3) is 3.52. The summed E-state index contributed by atoms with van der Waals surface area (Å²) < 4.78 is 2.21. The van der Waals surface area contributed by atoms with E-state index in [0.29, 0.717) is 11.7 Å². The monoisotopic (exact) mass is 393 g/mol. The minimum atomic E-state index is -0.453. The molecule has 1 aliphatic carbocycles. The van der Waals surface area contributed by atoms with Crippen LogP contribution in [0.3, 0.4) is 0 Å². The van der Waals surface area contributed by atoms with Gasteiger partial charge in [0, 0.05) is 18.4 Å². The first-order chi connectivity index (χ1) is 13.5. The Bertz CT molecular complexity index is 970. The van der Waals surface area contributed by atoms with Crippen LogP contribution in [0.25, 0.3) is 6.08 Å². The third-order valence-electron chi connectivity index (χ3n) is 5.50. The van der Waals surface area contributed by atoms with E-state index in [9.17, 15) is 9.59 Å². The fourth-order valence-electron chi connectivity index (χ4n) is 3.98. The lowest BCUT2D eigenvalue weighted by atomic mass is 9.95. The molecule has 0 unspecified atom stereocenters. The molecular formula is C22H23N3O2S. The highest BCUT2D eigenvalue weighted by molar-refractivity contribution is 7.80. The van der Waals surface area contributed by atoms with Gasteiger partial charge in [-0.05, 0) is 61.3 Å². The maximum Gasteiger partial charge on any atom is 0.270 e. The standard InChI is InChI=1S/C22H23N3O2S/c1-15-7-5-6-10-19(15)25-21(27)18(20(26)23-22(25)28)13-16-11-12-24(14-16)17-8-3-2-4-9-17/h5-7,10-14,17H,2-4,8-9H2,1H3,(H,23,26,28)/b18-13-. The second-order valence-electron chi connectivity index (χ2n) is 7.43.